The molecule has 0 saturated carbocycles. The van der Waals surface area contributed by atoms with Crippen molar-refractivity contribution in [1.29, 1.82) is 0 Å². The molecule has 6 nitrogen and oxygen atoms in total. The van der Waals surface area contributed by atoms with Crippen LogP contribution in [-0.4, -0.2) is 42.2 Å². The van der Waals surface area contributed by atoms with Gasteiger partial charge in [0, 0.05) is 22.4 Å². The van der Waals surface area contributed by atoms with Crippen molar-refractivity contribution in [2.75, 3.05) is 12.8 Å². The number of rotatable bonds is 5. The smallest absolute Gasteiger partial charge is 0.331 e. The summed E-state index contributed by atoms with van der Waals surface area (Å²) in [5.74, 6) is 8.95. The van der Waals surface area contributed by atoms with Crippen molar-refractivity contribution in [1.82, 2.24) is 5.32 Å². The fourth-order valence-corrected chi connectivity index (χ4v) is 2.42. The number of esters is 1. The Bertz CT molecular complexity index is 1070. The number of para-hydroxylation sites is 1. The summed E-state index contributed by atoms with van der Waals surface area (Å²) in [6, 6.07) is 11.0. The van der Waals surface area contributed by atoms with E-state index in [1.54, 1.807) is 18.2 Å². The van der Waals surface area contributed by atoms with Crippen LogP contribution in [0.1, 0.15) is 28.4 Å². The molecule has 0 bridgehead atoms. The average Bonchev–Trinajstić information content (AvgIpc) is 2.75. The number of nitrogens with two attached hydrogens (primary N) is 1. The first-order valence-electron chi connectivity index (χ1n) is 9.02. The minimum atomic E-state index is -3.29. The molecule has 2 atom stereocenters. The van der Waals surface area contributed by atoms with Gasteiger partial charge in [-0.2, -0.15) is 0 Å². The molecular weight excluding hydrogens is 406 g/mol. The number of halogens is 2. The molecule has 0 aliphatic heterocycles. The number of hydrogen-bond donors (Lipinski definition) is 3. The lowest BCUT2D eigenvalue weighted by Gasteiger charge is -2.30. The second-order valence-corrected chi connectivity index (χ2v) is 6.62. The van der Waals surface area contributed by atoms with Crippen LogP contribution in [0.5, 0.6) is 0 Å². The molecule has 2 rings (SSSR count). The molecule has 4 N–H and O–H groups in total. The van der Waals surface area contributed by atoms with Gasteiger partial charge in [-0.1, -0.05) is 24.0 Å². The van der Waals surface area contributed by atoms with Crippen LogP contribution in [0.4, 0.5) is 14.5 Å². The number of benzene rings is 2. The minimum Gasteiger partial charge on any atom is -0.467 e. The second-order valence-electron chi connectivity index (χ2n) is 6.62. The van der Waals surface area contributed by atoms with Gasteiger partial charge in [0.25, 0.3) is 12.3 Å². The zero-order chi connectivity index (χ0) is 23.0. The van der Waals surface area contributed by atoms with Crippen LogP contribution in [0.2, 0.25) is 0 Å². The maximum absolute atomic E-state index is 13.1. The zero-order valence-electron chi connectivity index (χ0n) is 16.8. The first-order chi connectivity index (χ1) is 14.7. The Balaban J connectivity index is 2.12. The summed E-state index contributed by atoms with van der Waals surface area (Å²) >= 11 is 0. The molecule has 1 amide bonds. The van der Waals surface area contributed by atoms with E-state index in [1.165, 1.54) is 24.3 Å². The predicted molar refractivity (Wildman–Crippen MR) is 111 cm³/mol. The molecule has 0 spiro atoms. The van der Waals surface area contributed by atoms with Gasteiger partial charge < -0.3 is 20.9 Å². The number of aliphatic hydroxyl groups is 1. The lowest BCUT2D eigenvalue weighted by atomic mass is 9.96. The molecule has 0 fully saturated rings. The van der Waals surface area contributed by atoms with Gasteiger partial charge in [0.05, 0.1) is 7.11 Å². The van der Waals surface area contributed by atoms with Crippen LogP contribution in [0.3, 0.4) is 0 Å². The summed E-state index contributed by atoms with van der Waals surface area (Å²) in [6.07, 6.45) is -3.29. The highest BCUT2D eigenvalue weighted by atomic mass is 19.3. The number of hydrogen-bond acceptors (Lipinski definition) is 5. The standard InChI is InChI=1S/C23H20F2N2O4/c1-23(30,22(24)25)19(21(29)31-2)27-20(28)17-13-11-15(12-14-17)7-3-4-8-16-9-5-6-10-18(16)26/h5-6,9-14,19,22,30H,26H2,1-2H3,(H,27,28)/t19-,23+/m1/s1. The van der Waals surface area contributed by atoms with Gasteiger partial charge in [0.15, 0.2) is 11.6 Å². The van der Waals surface area contributed by atoms with Crippen molar-refractivity contribution >= 4 is 17.6 Å². The minimum absolute atomic E-state index is 0.0765. The number of nitrogen functional groups attached to an aromatic ring is 1. The third kappa shape index (κ3) is 6.05. The zero-order valence-corrected chi connectivity index (χ0v) is 16.8. The number of carbonyl (C=O) groups excluding carboxylic acids is 2. The maximum atomic E-state index is 13.1. The van der Waals surface area contributed by atoms with Crippen LogP contribution in [-0.2, 0) is 9.53 Å². The summed E-state index contributed by atoms with van der Waals surface area (Å²) < 4.78 is 30.6. The SMILES string of the molecule is COC(=O)[C@@H](NC(=O)c1ccc(C#CC#Cc2ccccc2N)cc1)[C@](C)(O)C(F)F. The monoisotopic (exact) mass is 426 g/mol. The van der Waals surface area contributed by atoms with E-state index in [0.29, 0.717) is 16.8 Å². The van der Waals surface area contributed by atoms with Crippen molar-refractivity contribution in [2.24, 2.45) is 0 Å². The van der Waals surface area contributed by atoms with Gasteiger partial charge in [0.1, 0.15) is 0 Å². The van der Waals surface area contributed by atoms with Crippen LogP contribution in [0.25, 0.3) is 0 Å². The number of carbonyl (C=O) groups is 2. The van der Waals surface area contributed by atoms with E-state index in [1.807, 2.05) is 6.07 Å². The third-order valence-corrected chi connectivity index (χ3v) is 4.31. The number of methoxy groups -OCH3 is 1. The molecule has 2 aromatic rings. The Morgan fingerprint density at radius 2 is 1.71 bits per heavy atom. The average molecular weight is 426 g/mol. The van der Waals surface area contributed by atoms with Gasteiger partial charge >= 0.3 is 5.97 Å². The number of anilines is 1. The number of amides is 1. The van der Waals surface area contributed by atoms with E-state index in [0.717, 1.165) is 14.0 Å². The van der Waals surface area contributed by atoms with Gasteiger partial charge in [-0.05, 0) is 55.2 Å². The summed E-state index contributed by atoms with van der Waals surface area (Å²) in [7, 11) is 0.964. The second kappa shape index (κ2) is 10.2. The van der Waals surface area contributed by atoms with Crippen LogP contribution in [0.15, 0.2) is 48.5 Å². The van der Waals surface area contributed by atoms with Crippen LogP contribution in [0, 0.1) is 23.7 Å². The predicted octanol–water partition coefficient (Wildman–Crippen LogP) is 1.96. The van der Waals surface area contributed by atoms with Gasteiger partial charge in [-0.25, -0.2) is 13.6 Å². The molecule has 2 aromatic carbocycles. The Morgan fingerprint density at radius 3 is 2.29 bits per heavy atom. The molecule has 160 valence electrons. The lowest BCUT2D eigenvalue weighted by Crippen LogP contribution is -2.59. The van der Waals surface area contributed by atoms with Gasteiger partial charge in [-0.3, -0.25) is 4.79 Å². The fraction of sp³-hybridized carbons (Fsp3) is 0.217. The summed E-state index contributed by atoms with van der Waals surface area (Å²) in [5, 5.41) is 12.0. The lowest BCUT2D eigenvalue weighted by molar-refractivity contribution is -0.160. The van der Waals surface area contributed by atoms with Crippen LogP contribution >= 0.6 is 0 Å². The van der Waals surface area contributed by atoms with Crippen molar-refractivity contribution in [3.8, 4) is 23.7 Å². The highest BCUT2D eigenvalue weighted by molar-refractivity contribution is 5.97. The molecule has 0 unspecified atom stereocenters. The van der Waals surface area contributed by atoms with Gasteiger partial charge in [0.2, 0.25) is 0 Å². The molecule has 0 aliphatic rings. The molecule has 0 aromatic heterocycles. The first-order valence-corrected chi connectivity index (χ1v) is 9.02. The molecule has 0 radical (unpaired) electrons. The van der Waals surface area contributed by atoms with E-state index in [2.05, 4.69) is 33.7 Å². The Kier molecular flexibility index (Phi) is 7.73. The molecule has 31 heavy (non-hydrogen) atoms. The highest BCUT2D eigenvalue weighted by Crippen LogP contribution is 2.21. The maximum Gasteiger partial charge on any atom is 0.331 e. The number of nitrogens with one attached hydrogen (secondary N) is 1. The quantitative estimate of drug-likeness (QED) is 0.386. The van der Waals surface area contributed by atoms with E-state index in [4.69, 9.17) is 5.73 Å². The number of ether oxygens (including phenoxy) is 1. The first kappa shape index (κ1) is 23.4. The van der Waals surface area contributed by atoms with Crippen molar-refractivity contribution in [2.45, 2.75) is 25.0 Å². The largest absolute Gasteiger partial charge is 0.467 e. The van der Waals surface area contributed by atoms with E-state index < -0.39 is 29.9 Å². The van der Waals surface area contributed by atoms with Crippen LogP contribution < -0.4 is 11.1 Å². The van der Waals surface area contributed by atoms with Crippen molar-refractivity contribution < 1.29 is 28.2 Å². The van der Waals surface area contributed by atoms with E-state index >= 15 is 0 Å². The highest BCUT2D eigenvalue weighted by Gasteiger charge is 2.46. The molecule has 0 heterocycles. The van der Waals surface area contributed by atoms with E-state index in [9.17, 15) is 23.5 Å². The third-order valence-electron chi connectivity index (χ3n) is 4.31. The van der Waals surface area contributed by atoms with Crippen molar-refractivity contribution in [3.05, 3.63) is 65.2 Å². The fourth-order valence-electron chi connectivity index (χ4n) is 2.42. The Morgan fingerprint density at radius 1 is 1.10 bits per heavy atom. The molecule has 0 saturated heterocycles. The topological polar surface area (TPSA) is 102 Å². The molecule has 0 aliphatic carbocycles. The molecular formula is C23H20F2N2O4. The van der Waals surface area contributed by atoms with Gasteiger partial charge in [-0.15, -0.1) is 0 Å². The Hall–Kier alpha value is -3.88. The summed E-state index contributed by atoms with van der Waals surface area (Å²) in [5.41, 5.74) is 4.81. The van der Waals surface area contributed by atoms with Crippen molar-refractivity contribution in [3.63, 3.8) is 0 Å². The van der Waals surface area contributed by atoms with E-state index in [-0.39, 0.29) is 5.56 Å². The summed E-state index contributed by atoms with van der Waals surface area (Å²) in [4.78, 5) is 24.1. The molecule has 8 heteroatoms. The number of alkyl halides is 2. The normalized spacial score (nSPS) is 13.0. The Labute approximate surface area is 178 Å². The summed E-state index contributed by atoms with van der Waals surface area (Å²) in [6.45, 7) is 0.738.